The molecule has 0 aromatic carbocycles. The largest absolute Gasteiger partial charge is 0.308 e. The van der Waals surface area contributed by atoms with E-state index in [0.29, 0.717) is 3.83 Å². The molecule has 11 heavy (non-hydrogen) atoms. The van der Waals surface area contributed by atoms with Crippen LogP contribution < -0.4 is 0 Å². The molecule has 0 saturated carbocycles. The lowest BCUT2D eigenvalue weighted by Crippen LogP contribution is -2.25. The van der Waals surface area contributed by atoms with E-state index in [2.05, 4.69) is 10.1 Å². The molecule has 0 aliphatic carbocycles. The topological polar surface area (TPSA) is 30.7 Å². The Morgan fingerprint density at radius 3 is 2.18 bits per heavy atom. The zero-order valence-electron chi connectivity index (χ0n) is 6.60. The summed E-state index contributed by atoms with van der Waals surface area (Å²) >= 11 is 1.88. The molecule has 0 fully saturated rings. The molecule has 3 nitrogen and oxygen atoms in total. The maximum atomic E-state index is 12.9. The van der Waals surface area contributed by atoms with Crippen molar-refractivity contribution in [2.24, 2.45) is 0 Å². The highest BCUT2D eigenvalue weighted by atomic mass is 127. The second-order valence-corrected chi connectivity index (χ2v) is 4.20. The third kappa shape index (κ3) is 1.88. The first-order chi connectivity index (χ1) is 4.91. The lowest BCUT2D eigenvalue weighted by Gasteiger charge is -2.17. The standard InChI is InChI=1S/C6H9FIN3/c1-6(2,3)11-4(7)9-5(8)10-11/h1-3H3. The van der Waals surface area contributed by atoms with Crippen molar-refractivity contribution in [3.8, 4) is 0 Å². The summed E-state index contributed by atoms with van der Waals surface area (Å²) in [7, 11) is 0. The quantitative estimate of drug-likeness (QED) is 0.672. The summed E-state index contributed by atoms with van der Waals surface area (Å²) in [6.07, 6.45) is -0.526. The van der Waals surface area contributed by atoms with Crippen molar-refractivity contribution in [3.63, 3.8) is 0 Å². The Hall–Kier alpha value is -0.200. The molecule has 0 bridgehead atoms. The van der Waals surface area contributed by atoms with Crippen molar-refractivity contribution in [1.29, 1.82) is 0 Å². The Morgan fingerprint density at radius 2 is 2.00 bits per heavy atom. The summed E-state index contributed by atoms with van der Waals surface area (Å²) in [5.74, 6) is 0. The monoisotopic (exact) mass is 269 g/mol. The molecule has 1 aromatic rings. The van der Waals surface area contributed by atoms with Gasteiger partial charge in [0.05, 0.1) is 5.54 Å². The van der Waals surface area contributed by atoms with Crippen LogP contribution in [0, 0.1) is 9.91 Å². The van der Waals surface area contributed by atoms with Gasteiger partial charge < -0.3 is 0 Å². The van der Waals surface area contributed by atoms with Crippen LogP contribution in [0.4, 0.5) is 4.39 Å². The van der Waals surface area contributed by atoms with Gasteiger partial charge in [-0.2, -0.15) is 9.37 Å². The molecule has 0 N–H and O–H groups in total. The summed E-state index contributed by atoms with van der Waals surface area (Å²) < 4.78 is 14.6. The van der Waals surface area contributed by atoms with Crippen molar-refractivity contribution in [2.75, 3.05) is 0 Å². The van der Waals surface area contributed by atoms with Crippen LogP contribution in [0.15, 0.2) is 0 Å². The maximum Gasteiger partial charge on any atom is 0.308 e. The van der Waals surface area contributed by atoms with Gasteiger partial charge in [-0.15, -0.1) is 5.10 Å². The van der Waals surface area contributed by atoms with Crippen LogP contribution in [0.2, 0.25) is 0 Å². The van der Waals surface area contributed by atoms with Crippen LogP contribution in [0.5, 0.6) is 0 Å². The minimum atomic E-state index is -0.526. The van der Waals surface area contributed by atoms with E-state index in [4.69, 9.17) is 0 Å². The van der Waals surface area contributed by atoms with Gasteiger partial charge in [-0.3, -0.25) is 0 Å². The highest BCUT2D eigenvalue weighted by Crippen LogP contribution is 2.14. The minimum absolute atomic E-state index is 0.333. The minimum Gasteiger partial charge on any atom is -0.215 e. The van der Waals surface area contributed by atoms with E-state index < -0.39 is 6.08 Å². The first-order valence-electron chi connectivity index (χ1n) is 3.20. The van der Waals surface area contributed by atoms with Gasteiger partial charge in [0.2, 0.25) is 3.83 Å². The van der Waals surface area contributed by atoms with Crippen LogP contribution in [-0.2, 0) is 5.54 Å². The molecule has 1 aromatic heterocycles. The van der Waals surface area contributed by atoms with Crippen LogP contribution in [0.1, 0.15) is 20.8 Å². The first-order valence-corrected chi connectivity index (χ1v) is 4.27. The van der Waals surface area contributed by atoms with Crippen molar-refractivity contribution in [1.82, 2.24) is 14.8 Å². The normalized spacial score (nSPS) is 12.1. The second kappa shape index (κ2) is 2.69. The Balaban J connectivity index is 3.13. The third-order valence-electron chi connectivity index (χ3n) is 1.18. The van der Waals surface area contributed by atoms with Crippen LogP contribution in [-0.4, -0.2) is 14.8 Å². The summed E-state index contributed by atoms with van der Waals surface area (Å²) in [5, 5.41) is 3.90. The molecule has 0 saturated heterocycles. The Bertz CT molecular complexity index is 263. The zero-order chi connectivity index (χ0) is 8.65. The molecule has 0 aliphatic rings. The van der Waals surface area contributed by atoms with Gasteiger partial charge in [0.1, 0.15) is 0 Å². The molecule has 0 unspecified atom stereocenters. The van der Waals surface area contributed by atoms with Gasteiger partial charge in [-0.1, -0.05) is 0 Å². The smallest absolute Gasteiger partial charge is 0.215 e. The number of hydrogen-bond acceptors (Lipinski definition) is 2. The molecular weight excluding hydrogens is 260 g/mol. The fourth-order valence-corrected chi connectivity index (χ4v) is 1.11. The van der Waals surface area contributed by atoms with Gasteiger partial charge in [0.15, 0.2) is 0 Å². The predicted molar refractivity (Wildman–Crippen MR) is 47.7 cm³/mol. The van der Waals surface area contributed by atoms with E-state index >= 15 is 0 Å². The number of rotatable bonds is 0. The average molecular weight is 269 g/mol. The highest BCUT2D eigenvalue weighted by Gasteiger charge is 2.19. The van der Waals surface area contributed by atoms with E-state index in [0.717, 1.165) is 0 Å². The second-order valence-electron chi connectivity index (χ2n) is 3.23. The number of hydrogen-bond donors (Lipinski definition) is 0. The number of halogens is 2. The molecular formula is C6H9FIN3. The molecule has 0 spiro atoms. The van der Waals surface area contributed by atoms with Gasteiger partial charge in [-0.25, -0.2) is 4.68 Å². The molecule has 5 heteroatoms. The van der Waals surface area contributed by atoms with Gasteiger partial charge in [0, 0.05) is 22.6 Å². The van der Waals surface area contributed by atoms with Crippen molar-refractivity contribution in [2.45, 2.75) is 26.3 Å². The number of aromatic nitrogens is 3. The van der Waals surface area contributed by atoms with Crippen molar-refractivity contribution < 1.29 is 4.39 Å². The Labute approximate surface area is 78.1 Å². The van der Waals surface area contributed by atoms with Crippen LogP contribution >= 0.6 is 22.6 Å². The van der Waals surface area contributed by atoms with Gasteiger partial charge in [-0.05, 0) is 20.8 Å². The molecule has 1 heterocycles. The zero-order valence-corrected chi connectivity index (χ0v) is 8.76. The Morgan fingerprint density at radius 1 is 1.45 bits per heavy atom. The van der Waals surface area contributed by atoms with E-state index in [9.17, 15) is 4.39 Å². The molecule has 0 atom stereocenters. The van der Waals surface area contributed by atoms with E-state index in [1.807, 2.05) is 43.4 Å². The van der Waals surface area contributed by atoms with E-state index in [-0.39, 0.29) is 5.54 Å². The predicted octanol–water partition coefficient (Wildman–Crippen LogP) is 1.78. The highest BCUT2D eigenvalue weighted by molar-refractivity contribution is 14.1. The average Bonchev–Trinajstić information content (AvgIpc) is 2.08. The van der Waals surface area contributed by atoms with E-state index in [1.54, 1.807) is 0 Å². The Kier molecular flexibility index (Phi) is 2.17. The van der Waals surface area contributed by atoms with Crippen molar-refractivity contribution in [3.05, 3.63) is 9.91 Å². The molecule has 62 valence electrons. The lowest BCUT2D eigenvalue weighted by atomic mass is 10.1. The third-order valence-corrected chi connectivity index (χ3v) is 1.63. The SMILES string of the molecule is CC(C)(C)n1nc(I)nc1F. The van der Waals surface area contributed by atoms with Crippen molar-refractivity contribution >= 4 is 22.6 Å². The molecule has 0 aliphatic heterocycles. The molecule has 0 radical (unpaired) electrons. The van der Waals surface area contributed by atoms with E-state index in [1.165, 1.54) is 4.68 Å². The summed E-state index contributed by atoms with van der Waals surface area (Å²) in [4.78, 5) is 3.55. The van der Waals surface area contributed by atoms with Crippen LogP contribution in [0.25, 0.3) is 0 Å². The fraction of sp³-hybridized carbons (Fsp3) is 0.667. The summed E-state index contributed by atoms with van der Waals surface area (Å²) in [6.45, 7) is 5.63. The first kappa shape index (κ1) is 8.89. The number of nitrogens with zero attached hydrogens (tertiary/aromatic N) is 3. The van der Waals surface area contributed by atoms with Gasteiger partial charge >= 0.3 is 6.08 Å². The summed E-state index contributed by atoms with van der Waals surface area (Å²) in [6, 6.07) is 0. The maximum absolute atomic E-state index is 12.9. The molecule has 1 rings (SSSR count). The lowest BCUT2D eigenvalue weighted by molar-refractivity contribution is 0.292. The van der Waals surface area contributed by atoms with Crippen LogP contribution in [0.3, 0.4) is 0 Å². The molecule has 0 amide bonds. The van der Waals surface area contributed by atoms with Gasteiger partial charge in [0.25, 0.3) is 0 Å². The summed E-state index contributed by atoms with van der Waals surface area (Å²) in [5.41, 5.74) is -0.333. The fourth-order valence-electron chi connectivity index (χ4n) is 0.696.